The van der Waals surface area contributed by atoms with Crippen molar-refractivity contribution < 1.29 is 36.8 Å². The van der Waals surface area contributed by atoms with Crippen LogP contribution >= 0.6 is 0 Å². The average Bonchev–Trinajstić information content (AvgIpc) is 0. The summed E-state index contributed by atoms with van der Waals surface area (Å²) in [5.74, 6) is 0. The standard InChI is InChI=1S/Hf.2O.H4Si/h;;;1H4/q+4;2*-2;. The summed E-state index contributed by atoms with van der Waals surface area (Å²) < 4.78 is 0. The van der Waals surface area contributed by atoms with Crippen molar-refractivity contribution in [2.24, 2.45) is 0 Å². The van der Waals surface area contributed by atoms with Gasteiger partial charge in [-0.1, -0.05) is 0 Å². The van der Waals surface area contributed by atoms with Gasteiger partial charge in [0.15, 0.2) is 0 Å². The first-order valence-corrected chi connectivity index (χ1v) is 0. The second-order valence-corrected chi connectivity index (χ2v) is 0. The minimum atomic E-state index is 0. The normalized spacial score (nSPS) is 0. The Hall–Kier alpha value is 1.01. The van der Waals surface area contributed by atoms with Crippen LogP contribution in [-0.2, 0) is 36.8 Å². The van der Waals surface area contributed by atoms with Crippen molar-refractivity contribution in [3.05, 3.63) is 0 Å². The first-order valence-electron chi connectivity index (χ1n) is 0. The summed E-state index contributed by atoms with van der Waals surface area (Å²) in [6.45, 7) is 0. The summed E-state index contributed by atoms with van der Waals surface area (Å²) in [7, 11) is 0. The van der Waals surface area contributed by atoms with E-state index in [-0.39, 0.29) is 47.8 Å². The van der Waals surface area contributed by atoms with Gasteiger partial charge in [0.25, 0.3) is 0 Å². The van der Waals surface area contributed by atoms with Gasteiger partial charge in [-0.05, 0) is 11.0 Å². The molecule has 4 heteroatoms. The van der Waals surface area contributed by atoms with E-state index in [0.717, 1.165) is 0 Å². The number of rotatable bonds is 0. The van der Waals surface area contributed by atoms with Gasteiger partial charge in [-0.25, -0.2) is 0 Å². The van der Waals surface area contributed by atoms with Gasteiger partial charge in [-0.15, -0.1) is 0 Å². The second kappa shape index (κ2) is 35.7. The molecule has 2 nitrogen and oxygen atoms in total. The molecule has 0 spiro atoms. The minimum Gasteiger partial charge on any atom is -2.00 e. The SMILES string of the molecule is [Hf+4].[O-2].[O-2].[SiH4]. The molecule has 0 aromatic heterocycles. The van der Waals surface area contributed by atoms with Crippen molar-refractivity contribution in [2.45, 2.75) is 0 Å². The average molecular weight is 243 g/mol. The van der Waals surface area contributed by atoms with Crippen LogP contribution in [0, 0.1) is 0 Å². The van der Waals surface area contributed by atoms with Gasteiger partial charge in [0.1, 0.15) is 0 Å². The van der Waals surface area contributed by atoms with Crippen LogP contribution in [0.25, 0.3) is 0 Å². The Morgan fingerprint density at radius 2 is 0.750 bits per heavy atom. The molecular weight excluding hydrogens is 239 g/mol. The Morgan fingerprint density at radius 1 is 0.750 bits per heavy atom. The Morgan fingerprint density at radius 3 is 0.750 bits per heavy atom. The summed E-state index contributed by atoms with van der Waals surface area (Å²) in [6.07, 6.45) is 0. The van der Waals surface area contributed by atoms with Crippen molar-refractivity contribution in [1.29, 1.82) is 0 Å². The van der Waals surface area contributed by atoms with E-state index in [4.69, 9.17) is 0 Å². The van der Waals surface area contributed by atoms with E-state index in [1.54, 1.807) is 0 Å². The Kier molecular flexibility index (Phi) is 708. The van der Waals surface area contributed by atoms with Crippen molar-refractivity contribution in [1.82, 2.24) is 0 Å². The molecule has 0 saturated heterocycles. The molecule has 0 unspecified atom stereocenters. The number of hydrogen-bond donors (Lipinski definition) is 0. The van der Waals surface area contributed by atoms with Crippen LogP contribution in [-0.4, -0.2) is 11.0 Å². The van der Waals surface area contributed by atoms with Crippen molar-refractivity contribution in [2.75, 3.05) is 0 Å². The van der Waals surface area contributed by atoms with Crippen LogP contribution in [0.1, 0.15) is 0 Å². The molecule has 0 aliphatic rings. The molecule has 0 fully saturated rings. The van der Waals surface area contributed by atoms with E-state index in [1.807, 2.05) is 0 Å². The molecular formula is H4HfO2Si. The van der Waals surface area contributed by atoms with Crippen molar-refractivity contribution >= 4 is 11.0 Å². The molecule has 0 atom stereocenters. The summed E-state index contributed by atoms with van der Waals surface area (Å²) in [5, 5.41) is 0. The monoisotopic (exact) mass is 244 g/mol. The molecule has 0 aromatic rings. The molecule has 0 heterocycles. The summed E-state index contributed by atoms with van der Waals surface area (Å²) in [4.78, 5) is 0. The van der Waals surface area contributed by atoms with Crippen LogP contribution in [0.15, 0.2) is 0 Å². The fraction of sp³-hybridized carbons (Fsp3) is 0. The molecule has 0 rings (SSSR count). The van der Waals surface area contributed by atoms with E-state index >= 15 is 0 Å². The zero-order valence-electron chi connectivity index (χ0n) is 1.32. The molecule has 0 aliphatic heterocycles. The van der Waals surface area contributed by atoms with E-state index in [2.05, 4.69) is 0 Å². The summed E-state index contributed by atoms with van der Waals surface area (Å²) in [6, 6.07) is 0. The fourth-order valence-corrected chi connectivity index (χ4v) is 0. The molecule has 24 valence electrons. The Balaban J connectivity index is 0. The van der Waals surface area contributed by atoms with Gasteiger partial charge in [-0.3, -0.25) is 0 Å². The molecule has 0 bridgehead atoms. The van der Waals surface area contributed by atoms with Crippen LogP contribution in [0.4, 0.5) is 0 Å². The molecule has 0 radical (unpaired) electrons. The van der Waals surface area contributed by atoms with E-state index in [1.165, 1.54) is 0 Å². The molecule has 4 heavy (non-hydrogen) atoms. The third-order valence-electron chi connectivity index (χ3n) is 0. The molecule has 0 aliphatic carbocycles. The third-order valence-corrected chi connectivity index (χ3v) is 0. The van der Waals surface area contributed by atoms with Crippen LogP contribution in [0.5, 0.6) is 0 Å². The Bertz CT molecular complexity index is 6.00. The molecule has 0 amide bonds. The summed E-state index contributed by atoms with van der Waals surface area (Å²) >= 11 is 0. The number of hydrogen-bond acceptors (Lipinski definition) is 0. The third kappa shape index (κ3) is 11.9. The predicted octanol–water partition coefficient (Wildman–Crippen LogP) is -1.69. The van der Waals surface area contributed by atoms with Gasteiger partial charge in [-0.2, -0.15) is 0 Å². The van der Waals surface area contributed by atoms with Gasteiger partial charge in [0.2, 0.25) is 0 Å². The van der Waals surface area contributed by atoms with Crippen LogP contribution in [0.2, 0.25) is 0 Å². The van der Waals surface area contributed by atoms with E-state index in [9.17, 15) is 0 Å². The van der Waals surface area contributed by atoms with Crippen LogP contribution < -0.4 is 0 Å². The first kappa shape index (κ1) is 79.3. The first-order chi connectivity index (χ1) is 0. The Labute approximate surface area is 48.0 Å². The van der Waals surface area contributed by atoms with Crippen molar-refractivity contribution in [3.8, 4) is 0 Å². The largest absolute Gasteiger partial charge is 4.00 e. The summed E-state index contributed by atoms with van der Waals surface area (Å²) in [5.41, 5.74) is 0. The predicted molar refractivity (Wildman–Crippen MR) is 12.7 cm³/mol. The topological polar surface area (TPSA) is 57.0 Å². The maximum atomic E-state index is 0. The zero-order chi connectivity index (χ0) is 0. The molecule has 0 N–H and O–H groups in total. The fourth-order valence-electron chi connectivity index (χ4n) is 0. The maximum Gasteiger partial charge on any atom is 4.00 e. The minimum absolute atomic E-state index is 0. The van der Waals surface area contributed by atoms with E-state index in [0.29, 0.717) is 0 Å². The van der Waals surface area contributed by atoms with E-state index < -0.39 is 0 Å². The van der Waals surface area contributed by atoms with Crippen LogP contribution in [0.3, 0.4) is 0 Å². The van der Waals surface area contributed by atoms with Gasteiger partial charge >= 0.3 is 25.8 Å². The molecule has 0 saturated carbocycles. The second-order valence-electron chi connectivity index (χ2n) is 0. The smallest absolute Gasteiger partial charge is 2.00 e. The van der Waals surface area contributed by atoms with Gasteiger partial charge in [0.05, 0.1) is 0 Å². The molecule has 0 aromatic carbocycles. The quantitative estimate of drug-likeness (QED) is 0.455. The van der Waals surface area contributed by atoms with Gasteiger partial charge < -0.3 is 11.0 Å². The zero-order valence-corrected chi connectivity index (χ0v) is 4.91. The van der Waals surface area contributed by atoms with Crippen molar-refractivity contribution in [3.63, 3.8) is 0 Å². The maximum absolute atomic E-state index is 0. The van der Waals surface area contributed by atoms with Gasteiger partial charge in [0, 0.05) is 0 Å².